The Morgan fingerprint density at radius 1 is 1.56 bits per heavy atom. The predicted octanol–water partition coefficient (Wildman–Crippen LogP) is 0.676. The number of carbonyl (C=O) groups is 1. The minimum atomic E-state index is -0.118. The molecule has 0 spiro atoms. The van der Waals surface area contributed by atoms with Gasteiger partial charge in [0.05, 0.1) is 0 Å². The number of hydrogen-bond acceptors (Lipinski definition) is 2. The highest BCUT2D eigenvalue weighted by Gasteiger charge is 1.80. The Balaban J connectivity index is 3.48. The molecule has 0 aliphatic heterocycles. The zero-order valence-corrected chi connectivity index (χ0v) is 5.56. The van der Waals surface area contributed by atoms with Gasteiger partial charge in [0, 0.05) is 18.8 Å². The number of allylic oxidation sites excluding steroid dienone is 1. The smallest absolute Gasteiger partial charge is 0.220 e. The van der Waals surface area contributed by atoms with Crippen LogP contribution < -0.4 is 5.32 Å². The van der Waals surface area contributed by atoms with Gasteiger partial charge in [-0.15, -0.1) is 0 Å². The summed E-state index contributed by atoms with van der Waals surface area (Å²) in [6.07, 6.45) is 2.96. The maximum absolute atomic E-state index is 10.2. The van der Waals surface area contributed by atoms with Crippen LogP contribution in [-0.2, 0) is 4.79 Å². The molecule has 0 heterocycles. The van der Waals surface area contributed by atoms with E-state index in [1.807, 2.05) is 0 Å². The molecule has 3 nitrogen and oxygen atoms in total. The Kier molecular flexibility index (Phi) is 3.35. The van der Waals surface area contributed by atoms with Crippen LogP contribution in [0.5, 0.6) is 0 Å². The predicted molar refractivity (Wildman–Crippen MR) is 36.4 cm³/mol. The van der Waals surface area contributed by atoms with Crippen molar-refractivity contribution < 1.29 is 4.79 Å². The van der Waals surface area contributed by atoms with Crippen molar-refractivity contribution in [1.29, 1.82) is 5.41 Å². The van der Waals surface area contributed by atoms with E-state index in [4.69, 9.17) is 5.41 Å². The van der Waals surface area contributed by atoms with Crippen molar-refractivity contribution >= 4 is 11.6 Å². The molecule has 0 aromatic rings. The molecular weight excluding hydrogens is 116 g/mol. The standard InChI is InChI=1S/C6H10N2O/c1-5(7)3-4-8-6(2)9/h3-4,7H,1-2H3,(H,8,9)/b4-3-,7-5?. The van der Waals surface area contributed by atoms with E-state index in [1.54, 1.807) is 6.92 Å². The van der Waals surface area contributed by atoms with E-state index >= 15 is 0 Å². The van der Waals surface area contributed by atoms with Crippen molar-refractivity contribution in [3.8, 4) is 0 Å². The first-order chi connectivity index (χ1) is 4.13. The van der Waals surface area contributed by atoms with Crippen molar-refractivity contribution in [2.75, 3.05) is 0 Å². The molecule has 0 bridgehead atoms. The number of rotatable bonds is 2. The second-order valence-electron chi connectivity index (χ2n) is 1.72. The van der Waals surface area contributed by atoms with Gasteiger partial charge in [-0.25, -0.2) is 0 Å². The van der Waals surface area contributed by atoms with Crippen molar-refractivity contribution in [3.05, 3.63) is 12.3 Å². The van der Waals surface area contributed by atoms with Gasteiger partial charge >= 0.3 is 0 Å². The maximum Gasteiger partial charge on any atom is 0.220 e. The summed E-state index contributed by atoms with van der Waals surface area (Å²) in [7, 11) is 0. The molecule has 0 aromatic heterocycles. The maximum atomic E-state index is 10.2. The van der Waals surface area contributed by atoms with E-state index in [1.165, 1.54) is 19.2 Å². The van der Waals surface area contributed by atoms with Crippen LogP contribution in [0.4, 0.5) is 0 Å². The van der Waals surface area contributed by atoms with E-state index < -0.39 is 0 Å². The van der Waals surface area contributed by atoms with Crippen LogP contribution >= 0.6 is 0 Å². The van der Waals surface area contributed by atoms with Gasteiger partial charge in [-0.2, -0.15) is 0 Å². The lowest BCUT2D eigenvalue weighted by Gasteiger charge is -1.88. The van der Waals surface area contributed by atoms with Gasteiger partial charge in [0.15, 0.2) is 0 Å². The summed E-state index contributed by atoms with van der Waals surface area (Å²) in [6, 6.07) is 0. The van der Waals surface area contributed by atoms with Crippen molar-refractivity contribution in [3.63, 3.8) is 0 Å². The molecule has 9 heavy (non-hydrogen) atoms. The lowest BCUT2D eigenvalue weighted by molar-refractivity contribution is -0.118. The summed E-state index contributed by atoms with van der Waals surface area (Å²) in [5.41, 5.74) is 0.420. The first kappa shape index (κ1) is 7.88. The highest BCUT2D eigenvalue weighted by atomic mass is 16.1. The monoisotopic (exact) mass is 126 g/mol. The van der Waals surface area contributed by atoms with Gasteiger partial charge in [0.25, 0.3) is 0 Å². The SMILES string of the molecule is CC(=N)/C=C\NC(C)=O. The third-order valence-electron chi connectivity index (χ3n) is 0.620. The van der Waals surface area contributed by atoms with Crippen LogP contribution in [0.1, 0.15) is 13.8 Å². The van der Waals surface area contributed by atoms with Gasteiger partial charge < -0.3 is 10.7 Å². The molecular formula is C6H10N2O. The summed E-state index contributed by atoms with van der Waals surface area (Å²) < 4.78 is 0. The molecule has 3 heteroatoms. The van der Waals surface area contributed by atoms with Crippen LogP contribution in [-0.4, -0.2) is 11.6 Å². The molecule has 0 radical (unpaired) electrons. The van der Waals surface area contributed by atoms with E-state index in [-0.39, 0.29) is 5.91 Å². The van der Waals surface area contributed by atoms with Gasteiger partial charge in [0.2, 0.25) is 5.91 Å². The largest absolute Gasteiger partial charge is 0.333 e. The first-order valence-corrected chi connectivity index (χ1v) is 2.61. The average Bonchev–Trinajstić information content (AvgIpc) is 1.63. The normalized spacial score (nSPS) is 9.56. The third-order valence-corrected chi connectivity index (χ3v) is 0.620. The minimum Gasteiger partial charge on any atom is -0.333 e. The zero-order valence-electron chi connectivity index (χ0n) is 5.56. The molecule has 0 aliphatic carbocycles. The molecule has 0 aromatic carbocycles. The Bertz CT molecular complexity index is 149. The summed E-state index contributed by atoms with van der Waals surface area (Å²) in [5, 5.41) is 9.32. The minimum absolute atomic E-state index is 0.118. The topological polar surface area (TPSA) is 53.0 Å². The van der Waals surface area contributed by atoms with Crippen LogP contribution in [0.3, 0.4) is 0 Å². The first-order valence-electron chi connectivity index (χ1n) is 2.61. The van der Waals surface area contributed by atoms with Gasteiger partial charge in [-0.1, -0.05) is 0 Å². The van der Waals surface area contributed by atoms with E-state index in [9.17, 15) is 4.79 Å². The summed E-state index contributed by atoms with van der Waals surface area (Å²) in [6.45, 7) is 3.06. The van der Waals surface area contributed by atoms with Crippen molar-refractivity contribution in [1.82, 2.24) is 5.32 Å². The molecule has 0 rings (SSSR count). The molecule has 0 saturated heterocycles. The second-order valence-corrected chi connectivity index (χ2v) is 1.72. The molecule has 0 unspecified atom stereocenters. The molecule has 0 atom stereocenters. The lowest BCUT2D eigenvalue weighted by atomic mass is 10.4. The Morgan fingerprint density at radius 2 is 2.11 bits per heavy atom. The average molecular weight is 126 g/mol. The summed E-state index contributed by atoms with van der Waals surface area (Å²) in [4.78, 5) is 10.2. The number of nitrogens with one attached hydrogen (secondary N) is 2. The van der Waals surface area contributed by atoms with Crippen LogP contribution in [0.2, 0.25) is 0 Å². The fourth-order valence-electron chi connectivity index (χ4n) is 0.284. The highest BCUT2D eigenvalue weighted by Crippen LogP contribution is 1.71. The molecule has 0 saturated carbocycles. The van der Waals surface area contributed by atoms with Crippen molar-refractivity contribution in [2.24, 2.45) is 0 Å². The summed E-state index contributed by atoms with van der Waals surface area (Å²) in [5.74, 6) is -0.118. The van der Waals surface area contributed by atoms with Crippen LogP contribution in [0.25, 0.3) is 0 Å². The van der Waals surface area contributed by atoms with Crippen LogP contribution in [0.15, 0.2) is 12.3 Å². The van der Waals surface area contributed by atoms with Crippen LogP contribution in [0, 0.1) is 5.41 Å². The third kappa shape index (κ3) is 6.88. The molecule has 0 fully saturated rings. The molecule has 2 N–H and O–H groups in total. The van der Waals surface area contributed by atoms with E-state index in [2.05, 4.69) is 5.32 Å². The fourth-order valence-corrected chi connectivity index (χ4v) is 0.284. The Hall–Kier alpha value is -1.12. The number of carbonyl (C=O) groups excluding carboxylic acids is 1. The Morgan fingerprint density at radius 3 is 2.44 bits per heavy atom. The fraction of sp³-hybridized carbons (Fsp3) is 0.333. The van der Waals surface area contributed by atoms with E-state index in [0.717, 1.165) is 0 Å². The second kappa shape index (κ2) is 3.83. The number of amides is 1. The van der Waals surface area contributed by atoms with Gasteiger partial charge in [-0.05, 0) is 13.0 Å². The lowest BCUT2D eigenvalue weighted by Crippen LogP contribution is -2.11. The quantitative estimate of drug-likeness (QED) is 0.525. The molecule has 0 aliphatic rings. The zero-order chi connectivity index (χ0) is 7.28. The van der Waals surface area contributed by atoms with E-state index in [0.29, 0.717) is 5.71 Å². The highest BCUT2D eigenvalue weighted by molar-refractivity contribution is 5.90. The molecule has 50 valence electrons. The Labute approximate surface area is 54.3 Å². The van der Waals surface area contributed by atoms with Crippen molar-refractivity contribution in [2.45, 2.75) is 13.8 Å². The summed E-state index contributed by atoms with van der Waals surface area (Å²) >= 11 is 0. The van der Waals surface area contributed by atoms with Gasteiger partial charge in [-0.3, -0.25) is 4.79 Å². The van der Waals surface area contributed by atoms with Gasteiger partial charge in [0.1, 0.15) is 0 Å². The molecule has 1 amide bonds. The number of hydrogen-bond donors (Lipinski definition) is 2.